The van der Waals surface area contributed by atoms with Gasteiger partial charge in [-0.25, -0.2) is 4.79 Å². The lowest BCUT2D eigenvalue weighted by Gasteiger charge is -2.52. The standard InChI is InChI=1S/C32H42O8/c1-7-8-9-10-11-12-13-14-24(35)39-29-19(3)31(38)22-15-18(2)26(36)25(22)27(37)21(17-33)16-23(31)28-30(5,6)32(28,29)40-20(4)34/h9-16,19,22-23,25,27-29,33,37-38H,7-8,17H2,1-6H3/b10-9-,12-11+,14-13-/t19-,22-,23+,25+,27-,28-,29-,31+,32-/m1/s1. The van der Waals surface area contributed by atoms with Crippen LogP contribution < -0.4 is 0 Å². The summed E-state index contributed by atoms with van der Waals surface area (Å²) in [5, 5.41) is 34.0. The van der Waals surface area contributed by atoms with E-state index < -0.39 is 77.0 Å². The van der Waals surface area contributed by atoms with Crippen molar-refractivity contribution in [2.75, 3.05) is 6.61 Å². The normalized spacial score (nSPS) is 39.8. The number of carbonyl (C=O) groups is 3. The molecule has 0 saturated heterocycles. The van der Waals surface area contributed by atoms with E-state index in [0.717, 1.165) is 12.8 Å². The highest BCUT2D eigenvalue weighted by atomic mass is 16.6. The summed E-state index contributed by atoms with van der Waals surface area (Å²) in [5.41, 5.74) is -2.95. The Morgan fingerprint density at radius 2 is 1.77 bits per heavy atom. The summed E-state index contributed by atoms with van der Waals surface area (Å²) in [7, 11) is 0. The monoisotopic (exact) mass is 554 g/mol. The minimum absolute atomic E-state index is 0.247. The van der Waals surface area contributed by atoms with Crippen LogP contribution in [-0.4, -0.2) is 63.1 Å². The van der Waals surface area contributed by atoms with E-state index in [1.54, 1.807) is 38.2 Å². The first-order valence-electron chi connectivity index (χ1n) is 14.1. The fourth-order valence-electron chi connectivity index (χ4n) is 7.79. The van der Waals surface area contributed by atoms with Crippen molar-refractivity contribution < 1.29 is 39.2 Å². The van der Waals surface area contributed by atoms with Crippen LogP contribution in [0.1, 0.15) is 54.4 Å². The Kier molecular flexibility index (Phi) is 8.20. The van der Waals surface area contributed by atoms with E-state index in [1.165, 1.54) is 13.0 Å². The van der Waals surface area contributed by atoms with E-state index in [1.807, 2.05) is 32.1 Å². The predicted octanol–water partition coefficient (Wildman–Crippen LogP) is 3.38. The summed E-state index contributed by atoms with van der Waals surface area (Å²) in [6.45, 7) is 10.1. The molecule has 8 heteroatoms. The number of hydrogen-bond acceptors (Lipinski definition) is 8. The second-order valence-corrected chi connectivity index (χ2v) is 12.2. The van der Waals surface area contributed by atoms with Crippen molar-refractivity contribution in [3.05, 3.63) is 59.8 Å². The minimum atomic E-state index is -1.64. The lowest BCUT2D eigenvalue weighted by molar-refractivity contribution is -0.218. The summed E-state index contributed by atoms with van der Waals surface area (Å²) < 4.78 is 12.0. The summed E-state index contributed by atoms with van der Waals surface area (Å²) in [5.74, 6) is -5.27. The molecule has 0 aromatic carbocycles. The topological polar surface area (TPSA) is 130 Å². The molecule has 8 nitrogen and oxygen atoms in total. The van der Waals surface area contributed by atoms with Crippen LogP contribution in [0.5, 0.6) is 0 Å². The van der Waals surface area contributed by atoms with Crippen molar-refractivity contribution in [1.82, 2.24) is 0 Å². The zero-order chi connectivity index (χ0) is 29.6. The van der Waals surface area contributed by atoms with Gasteiger partial charge in [0.1, 0.15) is 6.10 Å². The Hall–Kier alpha value is -2.81. The van der Waals surface area contributed by atoms with Gasteiger partial charge in [-0.1, -0.05) is 76.6 Å². The molecular formula is C32H42O8. The van der Waals surface area contributed by atoms with Gasteiger partial charge in [-0.05, 0) is 24.5 Å². The molecule has 4 aliphatic rings. The average Bonchev–Trinajstić information content (AvgIpc) is 3.23. The molecular weight excluding hydrogens is 512 g/mol. The van der Waals surface area contributed by atoms with Crippen molar-refractivity contribution in [2.24, 2.45) is 35.0 Å². The maximum atomic E-state index is 13.2. The Bertz CT molecular complexity index is 1210. The first-order valence-corrected chi connectivity index (χ1v) is 14.1. The predicted molar refractivity (Wildman–Crippen MR) is 148 cm³/mol. The van der Waals surface area contributed by atoms with Crippen molar-refractivity contribution in [2.45, 2.75) is 77.8 Å². The molecule has 0 amide bonds. The number of carbonyl (C=O) groups excluding carboxylic acids is 3. The van der Waals surface area contributed by atoms with E-state index in [-0.39, 0.29) is 11.4 Å². The number of unbranched alkanes of at least 4 members (excludes halogenated alkanes) is 1. The highest BCUT2D eigenvalue weighted by molar-refractivity contribution is 6.00. The zero-order valence-corrected chi connectivity index (χ0v) is 24.2. The zero-order valence-electron chi connectivity index (χ0n) is 24.2. The number of esters is 2. The van der Waals surface area contributed by atoms with Gasteiger partial charge in [0, 0.05) is 42.1 Å². The quantitative estimate of drug-likeness (QED) is 0.180. The summed E-state index contributed by atoms with van der Waals surface area (Å²) in [4.78, 5) is 38.7. The largest absolute Gasteiger partial charge is 0.455 e. The van der Waals surface area contributed by atoms with Crippen molar-refractivity contribution in [1.29, 1.82) is 0 Å². The molecule has 0 bridgehead atoms. The Morgan fingerprint density at radius 3 is 2.40 bits per heavy atom. The van der Waals surface area contributed by atoms with Crippen LogP contribution in [0.25, 0.3) is 0 Å². The molecule has 4 rings (SSSR count). The Morgan fingerprint density at radius 1 is 1.10 bits per heavy atom. The summed E-state index contributed by atoms with van der Waals surface area (Å²) in [6, 6.07) is 0. The molecule has 2 saturated carbocycles. The smallest absolute Gasteiger partial charge is 0.331 e. The van der Waals surface area contributed by atoms with Crippen LogP contribution in [0.3, 0.4) is 0 Å². The average molecular weight is 555 g/mol. The van der Waals surface area contributed by atoms with Crippen LogP contribution in [0.2, 0.25) is 0 Å². The number of aliphatic hydroxyl groups excluding tert-OH is 2. The van der Waals surface area contributed by atoms with Gasteiger partial charge < -0.3 is 24.8 Å². The summed E-state index contributed by atoms with van der Waals surface area (Å²) >= 11 is 0. The molecule has 0 unspecified atom stereocenters. The Balaban J connectivity index is 1.77. The SMILES string of the molecule is CCC\C=C/C=C/C=C\C(=O)O[C@@H]1[C@@H](C)[C@]2(O)[C@@H]3C=C(C)C(=O)[C@H]3[C@H](O)C(CO)=C[C@H]2[C@@H]2C(C)(C)[C@]12OC(C)=O. The van der Waals surface area contributed by atoms with Gasteiger partial charge in [-0.15, -0.1) is 0 Å². The first-order chi connectivity index (χ1) is 18.8. The highest BCUT2D eigenvalue weighted by Crippen LogP contribution is 2.76. The maximum Gasteiger partial charge on any atom is 0.331 e. The summed E-state index contributed by atoms with van der Waals surface area (Å²) in [6.07, 6.45) is 13.3. The van der Waals surface area contributed by atoms with Crippen molar-refractivity contribution >= 4 is 17.7 Å². The molecule has 9 atom stereocenters. The van der Waals surface area contributed by atoms with Crippen molar-refractivity contribution in [3.8, 4) is 0 Å². The van der Waals surface area contributed by atoms with E-state index in [4.69, 9.17) is 9.47 Å². The number of fused-ring (bicyclic) bond motifs is 5. The first kappa shape index (κ1) is 30.2. The number of aliphatic hydroxyl groups is 3. The van der Waals surface area contributed by atoms with Crippen molar-refractivity contribution in [3.63, 3.8) is 0 Å². The molecule has 4 aliphatic carbocycles. The molecule has 2 fully saturated rings. The van der Waals surface area contributed by atoms with Crippen LogP contribution in [-0.2, 0) is 23.9 Å². The van der Waals surface area contributed by atoms with Gasteiger partial charge in [0.15, 0.2) is 11.4 Å². The van der Waals surface area contributed by atoms with Gasteiger partial charge in [0.25, 0.3) is 0 Å². The number of ketones is 1. The molecule has 3 N–H and O–H groups in total. The number of rotatable bonds is 8. The third kappa shape index (κ3) is 4.45. The molecule has 0 aromatic rings. The second kappa shape index (κ2) is 10.9. The maximum absolute atomic E-state index is 13.2. The fraction of sp³-hybridized carbons (Fsp3) is 0.594. The third-order valence-corrected chi connectivity index (χ3v) is 9.71. The lowest BCUT2D eigenvalue weighted by atomic mass is 9.59. The van der Waals surface area contributed by atoms with Gasteiger partial charge in [0.2, 0.25) is 0 Å². The van der Waals surface area contributed by atoms with E-state index in [0.29, 0.717) is 5.57 Å². The van der Waals surface area contributed by atoms with Crippen LogP contribution in [0.4, 0.5) is 0 Å². The molecule has 0 radical (unpaired) electrons. The molecule has 0 spiro atoms. The van der Waals surface area contributed by atoms with E-state index in [9.17, 15) is 29.7 Å². The molecule has 0 aliphatic heterocycles. The van der Waals surface area contributed by atoms with Crippen LogP contribution in [0.15, 0.2) is 59.8 Å². The lowest BCUT2D eigenvalue weighted by Crippen LogP contribution is -2.64. The van der Waals surface area contributed by atoms with Crippen LogP contribution >= 0.6 is 0 Å². The molecule has 218 valence electrons. The second-order valence-electron chi connectivity index (χ2n) is 12.2. The van der Waals surface area contributed by atoms with Gasteiger partial charge in [0.05, 0.1) is 24.2 Å². The van der Waals surface area contributed by atoms with E-state index >= 15 is 0 Å². The van der Waals surface area contributed by atoms with Crippen LogP contribution in [0, 0.1) is 35.0 Å². The fourth-order valence-corrected chi connectivity index (χ4v) is 7.79. The molecule has 0 aromatic heterocycles. The van der Waals surface area contributed by atoms with Gasteiger partial charge in [-0.3, -0.25) is 9.59 Å². The minimum Gasteiger partial charge on any atom is -0.455 e. The molecule has 0 heterocycles. The van der Waals surface area contributed by atoms with Gasteiger partial charge in [-0.2, -0.15) is 0 Å². The Labute approximate surface area is 236 Å². The number of Topliss-reactive ketones (excluding diaryl/α,β-unsaturated/α-hetero) is 1. The van der Waals surface area contributed by atoms with E-state index in [2.05, 4.69) is 6.92 Å². The molecule has 40 heavy (non-hydrogen) atoms. The highest BCUT2D eigenvalue weighted by Gasteiger charge is 2.87. The van der Waals surface area contributed by atoms with Gasteiger partial charge >= 0.3 is 11.9 Å². The number of ether oxygens (including phenoxy) is 2. The third-order valence-electron chi connectivity index (χ3n) is 9.71. The number of hydrogen-bond donors (Lipinski definition) is 3. The number of allylic oxidation sites excluding steroid dienone is 6.